The highest BCUT2D eigenvalue weighted by atomic mass is 15.0. The highest BCUT2D eigenvalue weighted by Crippen LogP contribution is 2.42. The molecule has 16 aromatic carbocycles. The van der Waals surface area contributed by atoms with E-state index in [1.807, 2.05) is 121 Å². The highest BCUT2D eigenvalue weighted by Gasteiger charge is 2.21. The lowest BCUT2D eigenvalue weighted by Gasteiger charge is -2.11. The van der Waals surface area contributed by atoms with Crippen LogP contribution in [0.25, 0.3) is 189 Å². The largest absolute Gasteiger partial charge is 0.309 e. The van der Waals surface area contributed by atoms with E-state index in [1.54, 1.807) is 0 Å². The summed E-state index contributed by atoms with van der Waals surface area (Å²) in [6.45, 7) is 0. The third kappa shape index (κ3) is 11.9. The zero-order valence-corrected chi connectivity index (χ0v) is 57.5. The Balaban J connectivity index is 0.000000145. The Morgan fingerprint density at radius 3 is 0.811 bits per heavy atom. The number of aromatic nitrogens is 8. The van der Waals surface area contributed by atoms with Crippen molar-refractivity contribution in [3.63, 3.8) is 0 Å². The van der Waals surface area contributed by atoms with Crippen LogP contribution in [0.1, 0.15) is 0 Å². The van der Waals surface area contributed by atoms with Crippen molar-refractivity contribution < 1.29 is 0 Å². The molecule has 0 fully saturated rings. The average molecular weight is 1350 g/mol. The number of nitrogens with zero attached hydrogens (tertiary/aromatic N) is 8. The summed E-state index contributed by atoms with van der Waals surface area (Å²) in [6, 6.07) is 136. The standard InChI is InChI=1S/2C49H32N4/c1-4-14-33(15-5-1)37-21-13-23-41(32-37)53-44-25-11-10-24-43(44)46-42-28-26-38(30-39(42)27-29-45(46)53)36-20-12-22-40(31-36)49-51-47(34-16-6-2-7-17-34)50-48(52-49)35-18-8-3-9-19-35;1-4-13-33(14-5-1)38-19-12-20-41(32-38)53-44-22-11-10-21-43(44)46-42-29-27-39(31-40(42)28-30-45(46)53)34-23-25-37(26-24-34)49-51-47(35-15-6-2-7-16-35)50-48(52-49)36-17-8-3-9-18-36/h2*1-32H. The maximum atomic E-state index is 4.97. The van der Waals surface area contributed by atoms with E-state index in [-0.39, 0.29) is 0 Å². The molecule has 496 valence electrons. The van der Waals surface area contributed by atoms with Crippen molar-refractivity contribution in [3.8, 4) is 124 Å². The molecule has 4 heterocycles. The molecule has 0 saturated heterocycles. The number of rotatable bonds is 12. The van der Waals surface area contributed by atoms with Crippen molar-refractivity contribution in [3.05, 3.63) is 388 Å². The summed E-state index contributed by atoms with van der Waals surface area (Å²) in [5.74, 6) is 3.91. The van der Waals surface area contributed by atoms with Gasteiger partial charge in [0.25, 0.3) is 0 Å². The van der Waals surface area contributed by atoms with Crippen LogP contribution in [-0.2, 0) is 0 Å². The van der Waals surface area contributed by atoms with E-state index in [0.29, 0.717) is 34.9 Å². The molecule has 0 aliphatic rings. The first kappa shape index (κ1) is 62.6. The van der Waals surface area contributed by atoms with Crippen LogP contribution in [0, 0.1) is 0 Å². The molecule has 4 aromatic heterocycles. The van der Waals surface area contributed by atoms with Crippen LogP contribution >= 0.6 is 0 Å². The van der Waals surface area contributed by atoms with Gasteiger partial charge in [0.2, 0.25) is 0 Å². The van der Waals surface area contributed by atoms with E-state index >= 15 is 0 Å². The molecule has 0 bridgehead atoms. The Labute approximate surface area is 612 Å². The van der Waals surface area contributed by atoms with E-state index < -0.39 is 0 Å². The van der Waals surface area contributed by atoms with E-state index in [4.69, 9.17) is 29.9 Å². The predicted molar refractivity (Wildman–Crippen MR) is 438 cm³/mol. The molecular weight excluding hydrogens is 1290 g/mol. The number of para-hydroxylation sites is 2. The Hall–Kier alpha value is -14.3. The van der Waals surface area contributed by atoms with Gasteiger partial charge in [0.1, 0.15) is 0 Å². The molecule has 106 heavy (non-hydrogen) atoms. The Morgan fingerprint density at radius 1 is 0.151 bits per heavy atom. The molecule has 0 radical (unpaired) electrons. The fraction of sp³-hybridized carbons (Fsp3) is 0. The van der Waals surface area contributed by atoms with E-state index in [2.05, 4.69) is 276 Å². The zero-order chi connectivity index (χ0) is 70.3. The minimum Gasteiger partial charge on any atom is -0.309 e. The molecule has 0 aliphatic carbocycles. The summed E-state index contributed by atoms with van der Waals surface area (Å²) in [7, 11) is 0. The second-order valence-corrected chi connectivity index (χ2v) is 26.6. The number of hydrogen-bond donors (Lipinski definition) is 0. The maximum absolute atomic E-state index is 4.97. The second-order valence-electron chi connectivity index (χ2n) is 26.6. The van der Waals surface area contributed by atoms with Crippen LogP contribution in [0.15, 0.2) is 388 Å². The van der Waals surface area contributed by atoms with Crippen LogP contribution in [-0.4, -0.2) is 39.0 Å². The lowest BCUT2D eigenvalue weighted by atomic mass is 9.97. The van der Waals surface area contributed by atoms with Gasteiger partial charge in [-0.1, -0.05) is 322 Å². The highest BCUT2D eigenvalue weighted by molar-refractivity contribution is 6.23. The van der Waals surface area contributed by atoms with Gasteiger partial charge in [-0.05, 0) is 133 Å². The third-order valence-electron chi connectivity index (χ3n) is 20.1. The lowest BCUT2D eigenvalue weighted by molar-refractivity contribution is 1.07. The van der Waals surface area contributed by atoms with Gasteiger partial charge in [-0.2, -0.15) is 0 Å². The van der Waals surface area contributed by atoms with Crippen LogP contribution in [0.3, 0.4) is 0 Å². The summed E-state index contributed by atoms with van der Waals surface area (Å²) in [6.07, 6.45) is 0. The van der Waals surface area contributed by atoms with Crippen molar-refractivity contribution in [1.29, 1.82) is 0 Å². The number of hydrogen-bond acceptors (Lipinski definition) is 6. The summed E-state index contributed by atoms with van der Waals surface area (Å²) < 4.78 is 4.80. The Morgan fingerprint density at radius 2 is 0.415 bits per heavy atom. The topological polar surface area (TPSA) is 87.2 Å². The normalized spacial score (nSPS) is 11.4. The molecule has 8 heteroatoms. The zero-order valence-electron chi connectivity index (χ0n) is 57.5. The van der Waals surface area contributed by atoms with E-state index in [9.17, 15) is 0 Å². The third-order valence-corrected chi connectivity index (χ3v) is 20.1. The van der Waals surface area contributed by atoms with Gasteiger partial charge in [-0.15, -0.1) is 0 Å². The van der Waals surface area contributed by atoms with Gasteiger partial charge in [0.05, 0.1) is 22.1 Å². The molecule has 20 rings (SSSR count). The van der Waals surface area contributed by atoms with Gasteiger partial charge in [0.15, 0.2) is 34.9 Å². The molecule has 0 spiro atoms. The molecule has 0 saturated carbocycles. The monoisotopic (exact) mass is 1350 g/mol. The minimum absolute atomic E-state index is 0.645. The maximum Gasteiger partial charge on any atom is 0.164 e. The first-order chi connectivity index (χ1) is 52.5. The number of benzene rings is 16. The van der Waals surface area contributed by atoms with Crippen LogP contribution in [0.2, 0.25) is 0 Å². The summed E-state index contributed by atoms with van der Waals surface area (Å²) in [4.78, 5) is 29.5. The molecule has 20 aromatic rings. The van der Waals surface area contributed by atoms with Crippen LogP contribution in [0.4, 0.5) is 0 Å². The smallest absolute Gasteiger partial charge is 0.164 e. The molecule has 0 N–H and O–H groups in total. The van der Waals surface area contributed by atoms with Gasteiger partial charge in [0, 0.05) is 66.3 Å². The quantitative estimate of drug-likeness (QED) is 0.121. The van der Waals surface area contributed by atoms with Gasteiger partial charge >= 0.3 is 0 Å². The summed E-state index contributed by atoms with van der Waals surface area (Å²) >= 11 is 0. The van der Waals surface area contributed by atoms with Crippen LogP contribution in [0.5, 0.6) is 0 Å². The molecule has 8 nitrogen and oxygen atoms in total. The first-order valence-electron chi connectivity index (χ1n) is 35.7. The number of fused-ring (bicyclic) bond motifs is 10. The summed E-state index contributed by atoms with van der Waals surface area (Å²) in [5.41, 5.74) is 22.1. The molecule has 0 aliphatic heterocycles. The predicted octanol–water partition coefficient (Wildman–Crippen LogP) is 24.9. The van der Waals surface area contributed by atoms with Crippen molar-refractivity contribution in [2.24, 2.45) is 0 Å². The minimum atomic E-state index is 0.645. The van der Waals surface area contributed by atoms with Crippen molar-refractivity contribution in [2.75, 3.05) is 0 Å². The SMILES string of the molecule is c1ccc(-c2cccc(-n3c4ccccc4c4c5ccc(-c6ccc(-c7nc(-c8ccccc8)nc(-c8ccccc8)n7)cc6)cc5ccc43)c2)cc1.c1ccc(-c2cccc(-n3c4ccccc4c4c5ccc(-c6cccc(-c7nc(-c8ccccc8)nc(-c8ccccc8)n7)c6)cc5ccc43)c2)cc1. The van der Waals surface area contributed by atoms with Gasteiger partial charge < -0.3 is 9.13 Å². The fourth-order valence-electron chi connectivity index (χ4n) is 14.9. The van der Waals surface area contributed by atoms with Crippen LogP contribution < -0.4 is 0 Å². The average Bonchev–Trinajstić information content (AvgIpc) is 1.58. The van der Waals surface area contributed by atoms with Crippen molar-refractivity contribution in [2.45, 2.75) is 0 Å². The van der Waals surface area contributed by atoms with Crippen molar-refractivity contribution >= 4 is 65.2 Å². The van der Waals surface area contributed by atoms with Crippen molar-refractivity contribution in [1.82, 2.24) is 39.0 Å². The molecule has 0 unspecified atom stereocenters. The van der Waals surface area contributed by atoms with E-state index in [1.165, 1.54) is 87.4 Å². The lowest BCUT2D eigenvalue weighted by Crippen LogP contribution is -2.00. The molecular formula is C98H64N8. The fourth-order valence-corrected chi connectivity index (χ4v) is 14.9. The van der Waals surface area contributed by atoms with E-state index in [0.717, 1.165) is 67.0 Å². The summed E-state index contributed by atoms with van der Waals surface area (Å²) in [5, 5.41) is 9.89. The Kier molecular flexibility index (Phi) is 16.1. The second kappa shape index (κ2) is 27.2. The molecule has 0 atom stereocenters. The first-order valence-corrected chi connectivity index (χ1v) is 35.7. The molecule has 0 amide bonds. The Bertz CT molecular complexity index is 6540. The van der Waals surface area contributed by atoms with Gasteiger partial charge in [-0.3, -0.25) is 0 Å². The van der Waals surface area contributed by atoms with Gasteiger partial charge in [-0.25, -0.2) is 29.9 Å².